The average Bonchev–Trinajstić information content (AvgIpc) is 2.59. The topological polar surface area (TPSA) is 66.4 Å². The Hall–Kier alpha value is -1.06. The summed E-state index contributed by atoms with van der Waals surface area (Å²) >= 11 is 0. The van der Waals surface area contributed by atoms with Crippen LogP contribution in [0.4, 0.5) is 0 Å². The van der Waals surface area contributed by atoms with Crippen molar-refractivity contribution < 1.29 is 14.7 Å². The molecule has 0 spiro atoms. The second-order valence-electron chi connectivity index (χ2n) is 4.79. The molecule has 0 aromatic carbocycles. The SMILES string of the molecule is O=C(O)C(=O)NC1C2C3CCC(C3)C12. The third-order valence-electron chi connectivity index (χ3n) is 4.23. The molecule has 0 aromatic heterocycles. The van der Waals surface area contributed by atoms with Crippen LogP contribution in [0.5, 0.6) is 0 Å². The molecule has 1 amide bonds. The predicted molar refractivity (Wildman–Crippen MR) is 47.4 cm³/mol. The normalized spacial score (nSPS) is 47.3. The maximum atomic E-state index is 10.9. The predicted octanol–water partition coefficient (Wildman–Crippen LogP) is 0.232. The Kier molecular flexibility index (Phi) is 1.47. The van der Waals surface area contributed by atoms with Gasteiger partial charge in [0, 0.05) is 6.04 Å². The second-order valence-corrected chi connectivity index (χ2v) is 4.79. The molecule has 4 unspecified atom stereocenters. The highest BCUT2D eigenvalue weighted by Crippen LogP contribution is 2.65. The highest BCUT2D eigenvalue weighted by Gasteiger charge is 2.65. The van der Waals surface area contributed by atoms with Gasteiger partial charge in [-0.15, -0.1) is 0 Å². The lowest BCUT2D eigenvalue weighted by Gasteiger charge is -2.08. The standard InChI is InChI=1S/C10H13NO3/c12-9(10(13)14)11-8-6-4-1-2-5(3-4)7(6)8/h4-8H,1-3H2,(H,11,12)(H,13,14). The van der Waals surface area contributed by atoms with Crippen LogP contribution in [-0.4, -0.2) is 23.0 Å². The van der Waals surface area contributed by atoms with E-state index >= 15 is 0 Å². The minimum absolute atomic E-state index is 0.185. The van der Waals surface area contributed by atoms with Gasteiger partial charge in [-0.1, -0.05) is 0 Å². The molecule has 2 bridgehead atoms. The summed E-state index contributed by atoms with van der Waals surface area (Å²) in [6, 6.07) is 0.185. The van der Waals surface area contributed by atoms with Gasteiger partial charge in [-0.2, -0.15) is 0 Å². The molecule has 76 valence electrons. The molecule has 3 aliphatic carbocycles. The van der Waals surface area contributed by atoms with Crippen LogP contribution < -0.4 is 5.32 Å². The Morgan fingerprint density at radius 3 is 2.21 bits per heavy atom. The van der Waals surface area contributed by atoms with Gasteiger partial charge in [0.15, 0.2) is 0 Å². The van der Waals surface area contributed by atoms with Crippen LogP contribution in [0.3, 0.4) is 0 Å². The number of carboxylic acids is 1. The van der Waals surface area contributed by atoms with Gasteiger partial charge in [-0.25, -0.2) is 4.79 Å². The molecule has 0 aliphatic heterocycles. The Bertz CT molecular complexity index is 298. The van der Waals surface area contributed by atoms with Crippen molar-refractivity contribution in [1.82, 2.24) is 5.32 Å². The number of hydrogen-bond acceptors (Lipinski definition) is 2. The van der Waals surface area contributed by atoms with Gasteiger partial charge in [0.1, 0.15) is 0 Å². The Balaban J connectivity index is 1.64. The smallest absolute Gasteiger partial charge is 0.394 e. The lowest BCUT2D eigenvalue weighted by atomic mass is 10.0. The summed E-state index contributed by atoms with van der Waals surface area (Å²) in [5.74, 6) is 0.563. The van der Waals surface area contributed by atoms with Gasteiger partial charge >= 0.3 is 11.9 Å². The zero-order chi connectivity index (χ0) is 9.87. The van der Waals surface area contributed by atoms with E-state index in [1.54, 1.807) is 0 Å². The Morgan fingerprint density at radius 2 is 1.71 bits per heavy atom. The van der Waals surface area contributed by atoms with Crippen molar-refractivity contribution in [3.63, 3.8) is 0 Å². The van der Waals surface area contributed by atoms with Crippen molar-refractivity contribution in [3.8, 4) is 0 Å². The van der Waals surface area contributed by atoms with Gasteiger partial charge in [0.2, 0.25) is 0 Å². The number of nitrogens with one attached hydrogen (secondary N) is 1. The summed E-state index contributed by atoms with van der Waals surface area (Å²) < 4.78 is 0. The van der Waals surface area contributed by atoms with Gasteiger partial charge in [0.05, 0.1) is 0 Å². The number of fused-ring (bicyclic) bond motifs is 5. The third kappa shape index (κ3) is 0.938. The molecule has 0 radical (unpaired) electrons. The largest absolute Gasteiger partial charge is 0.474 e. The van der Waals surface area contributed by atoms with E-state index in [2.05, 4.69) is 5.32 Å². The first-order chi connectivity index (χ1) is 6.68. The number of amides is 1. The third-order valence-corrected chi connectivity index (χ3v) is 4.23. The van der Waals surface area contributed by atoms with Crippen molar-refractivity contribution in [2.45, 2.75) is 25.3 Å². The van der Waals surface area contributed by atoms with E-state index in [1.165, 1.54) is 19.3 Å². The first-order valence-corrected chi connectivity index (χ1v) is 5.22. The molecular formula is C10H13NO3. The van der Waals surface area contributed by atoms with Gasteiger partial charge in [-0.3, -0.25) is 4.79 Å². The molecule has 3 saturated carbocycles. The number of carbonyl (C=O) groups is 2. The fourth-order valence-corrected chi connectivity index (χ4v) is 3.73. The zero-order valence-electron chi connectivity index (χ0n) is 7.77. The van der Waals surface area contributed by atoms with E-state index in [9.17, 15) is 9.59 Å². The Labute approximate surface area is 81.7 Å². The fourth-order valence-electron chi connectivity index (χ4n) is 3.73. The summed E-state index contributed by atoms with van der Waals surface area (Å²) in [5.41, 5.74) is 0. The van der Waals surface area contributed by atoms with Gasteiger partial charge < -0.3 is 10.4 Å². The molecule has 2 N–H and O–H groups in total. The van der Waals surface area contributed by atoms with E-state index in [1.807, 2.05) is 0 Å². The zero-order valence-corrected chi connectivity index (χ0v) is 7.77. The van der Waals surface area contributed by atoms with E-state index in [0.717, 1.165) is 11.8 Å². The van der Waals surface area contributed by atoms with E-state index in [0.29, 0.717) is 11.8 Å². The lowest BCUT2D eigenvalue weighted by Crippen LogP contribution is -2.35. The number of carboxylic acid groups (broad SMARTS) is 1. The monoisotopic (exact) mass is 195 g/mol. The van der Waals surface area contributed by atoms with Gasteiger partial charge in [0.25, 0.3) is 0 Å². The highest BCUT2D eigenvalue weighted by molar-refractivity contribution is 6.31. The van der Waals surface area contributed by atoms with Crippen molar-refractivity contribution in [3.05, 3.63) is 0 Å². The number of rotatable bonds is 1. The van der Waals surface area contributed by atoms with Crippen molar-refractivity contribution in [2.75, 3.05) is 0 Å². The van der Waals surface area contributed by atoms with Crippen LogP contribution in [-0.2, 0) is 9.59 Å². The first kappa shape index (κ1) is 8.26. The van der Waals surface area contributed by atoms with Crippen molar-refractivity contribution in [1.29, 1.82) is 0 Å². The molecule has 3 aliphatic rings. The maximum Gasteiger partial charge on any atom is 0.394 e. The molecule has 3 rings (SSSR count). The molecule has 0 saturated heterocycles. The summed E-state index contributed by atoms with van der Waals surface area (Å²) in [6.07, 6.45) is 3.88. The maximum absolute atomic E-state index is 10.9. The quantitative estimate of drug-likeness (QED) is 0.589. The van der Waals surface area contributed by atoms with Crippen LogP contribution in [0.1, 0.15) is 19.3 Å². The second kappa shape index (κ2) is 2.49. The average molecular weight is 195 g/mol. The molecular weight excluding hydrogens is 182 g/mol. The molecule has 4 heteroatoms. The van der Waals surface area contributed by atoms with Crippen LogP contribution in [0, 0.1) is 23.7 Å². The number of aliphatic carboxylic acids is 1. The molecule has 0 aromatic rings. The summed E-state index contributed by atoms with van der Waals surface area (Å²) in [6.45, 7) is 0. The minimum Gasteiger partial charge on any atom is -0.474 e. The first-order valence-electron chi connectivity index (χ1n) is 5.22. The van der Waals surface area contributed by atoms with E-state index in [4.69, 9.17) is 5.11 Å². The Morgan fingerprint density at radius 1 is 1.14 bits per heavy atom. The highest BCUT2D eigenvalue weighted by atomic mass is 16.4. The van der Waals surface area contributed by atoms with E-state index < -0.39 is 11.9 Å². The summed E-state index contributed by atoms with van der Waals surface area (Å²) in [7, 11) is 0. The van der Waals surface area contributed by atoms with Crippen molar-refractivity contribution in [2.24, 2.45) is 23.7 Å². The molecule has 4 atom stereocenters. The molecule has 14 heavy (non-hydrogen) atoms. The minimum atomic E-state index is -1.36. The van der Waals surface area contributed by atoms with Crippen LogP contribution in [0.15, 0.2) is 0 Å². The molecule has 3 fully saturated rings. The van der Waals surface area contributed by atoms with Crippen LogP contribution in [0.25, 0.3) is 0 Å². The molecule has 4 nitrogen and oxygen atoms in total. The van der Waals surface area contributed by atoms with Crippen LogP contribution in [0.2, 0.25) is 0 Å². The summed E-state index contributed by atoms with van der Waals surface area (Å²) in [4.78, 5) is 21.3. The van der Waals surface area contributed by atoms with Gasteiger partial charge in [-0.05, 0) is 42.9 Å². The van der Waals surface area contributed by atoms with E-state index in [-0.39, 0.29) is 6.04 Å². The number of hydrogen-bond donors (Lipinski definition) is 2. The summed E-state index contributed by atoms with van der Waals surface area (Å²) in [5, 5.41) is 11.1. The molecule has 0 heterocycles. The number of carbonyl (C=O) groups excluding carboxylic acids is 1. The lowest BCUT2D eigenvalue weighted by molar-refractivity contribution is -0.150. The van der Waals surface area contributed by atoms with Crippen LogP contribution >= 0.6 is 0 Å². The fraction of sp³-hybridized carbons (Fsp3) is 0.800. The van der Waals surface area contributed by atoms with Crippen molar-refractivity contribution >= 4 is 11.9 Å².